The topological polar surface area (TPSA) is 43.6 Å². The second-order valence-electron chi connectivity index (χ2n) is 8.94. The normalized spacial score (nSPS) is 11.9. The zero-order valence-corrected chi connectivity index (χ0v) is 19.9. The molecule has 0 N–H and O–H groups in total. The van der Waals surface area contributed by atoms with Crippen LogP contribution < -0.4 is 0 Å². The second-order valence-corrected chi connectivity index (χ2v) is 10.0. The van der Waals surface area contributed by atoms with Crippen molar-refractivity contribution in [1.29, 1.82) is 0 Å². The number of hydrogen-bond donors (Lipinski definition) is 0. The highest BCUT2D eigenvalue weighted by Gasteiger charge is 2.20. The van der Waals surface area contributed by atoms with Crippen molar-refractivity contribution in [2.24, 2.45) is 0 Å². The van der Waals surface area contributed by atoms with Crippen molar-refractivity contribution < 1.29 is 0 Å². The molecule has 168 valence electrons. The SMILES string of the molecule is c1ccc(-c2ccc3c(n2)c2ccc4sc5ccccc5c4c2n3-c2cc3ncccc3cn2)cc1. The van der Waals surface area contributed by atoms with E-state index in [2.05, 4.69) is 88.4 Å². The van der Waals surface area contributed by atoms with Gasteiger partial charge in [0.2, 0.25) is 0 Å². The highest BCUT2D eigenvalue weighted by atomic mass is 32.1. The Labute approximate surface area is 210 Å². The van der Waals surface area contributed by atoms with Crippen LogP contribution in [-0.2, 0) is 0 Å². The second kappa shape index (κ2) is 7.44. The number of benzene rings is 3. The average molecular weight is 479 g/mol. The van der Waals surface area contributed by atoms with E-state index in [1.165, 1.54) is 20.2 Å². The quantitative estimate of drug-likeness (QED) is 0.252. The molecule has 4 nitrogen and oxygen atoms in total. The zero-order chi connectivity index (χ0) is 23.6. The van der Waals surface area contributed by atoms with Crippen LogP contribution in [0, 0.1) is 0 Å². The van der Waals surface area contributed by atoms with E-state index in [-0.39, 0.29) is 0 Å². The Bertz CT molecular complexity index is 2100. The molecule has 0 unspecified atom stereocenters. The number of hydrogen-bond acceptors (Lipinski definition) is 4. The van der Waals surface area contributed by atoms with Crippen LogP contribution in [0.1, 0.15) is 0 Å². The van der Waals surface area contributed by atoms with Gasteiger partial charge in [0, 0.05) is 55.0 Å². The molecular weight excluding hydrogens is 460 g/mol. The average Bonchev–Trinajstić information content (AvgIpc) is 3.48. The van der Waals surface area contributed by atoms with Gasteiger partial charge in [-0.25, -0.2) is 9.97 Å². The van der Waals surface area contributed by atoms with Gasteiger partial charge in [-0.3, -0.25) is 9.55 Å². The molecule has 5 heterocycles. The maximum atomic E-state index is 5.19. The van der Waals surface area contributed by atoms with E-state index in [0.717, 1.165) is 49.9 Å². The van der Waals surface area contributed by atoms with Crippen LogP contribution in [0.25, 0.3) is 70.1 Å². The van der Waals surface area contributed by atoms with E-state index in [4.69, 9.17) is 9.97 Å². The Morgan fingerprint density at radius 1 is 0.694 bits per heavy atom. The lowest BCUT2D eigenvalue weighted by Crippen LogP contribution is -1.98. The van der Waals surface area contributed by atoms with E-state index in [9.17, 15) is 0 Å². The predicted octanol–water partition coefficient (Wildman–Crippen LogP) is 8.16. The Morgan fingerprint density at radius 2 is 1.58 bits per heavy atom. The van der Waals surface area contributed by atoms with Gasteiger partial charge in [0.05, 0.1) is 27.8 Å². The number of thiophene rings is 1. The molecule has 0 aliphatic carbocycles. The third kappa shape index (κ3) is 2.78. The molecule has 5 aromatic heterocycles. The Kier molecular flexibility index (Phi) is 4.07. The molecule has 0 saturated carbocycles. The van der Waals surface area contributed by atoms with Gasteiger partial charge in [-0.05, 0) is 42.5 Å². The minimum atomic E-state index is 0.846. The molecule has 0 bridgehead atoms. The van der Waals surface area contributed by atoms with Crippen molar-refractivity contribution in [3.63, 3.8) is 0 Å². The van der Waals surface area contributed by atoms with Gasteiger partial charge in [-0.1, -0.05) is 48.5 Å². The molecule has 0 radical (unpaired) electrons. The first-order valence-corrected chi connectivity index (χ1v) is 12.7. The zero-order valence-electron chi connectivity index (χ0n) is 19.1. The molecule has 5 heteroatoms. The Hall–Kier alpha value is -4.61. The highest BCUT2D eigenvalue weighted by Crippen LogP contribution is 2.42. The number of aromatic nitrogens is 4. The summed E-state index contributed by atoms with van der Waals surface area (Å²) in [6, 6.07) is 33.8. The molecule has 8 rings (SSSR count). The Balaban J connectivity index is 1.56. The summed E-state index contributed by atoms with van der Waals surface area (Å²) in [5.74, 6) is 0.846. The van der Waals surface area contributed by atoms with E-state index < -0.39 is 0 Å². The molecule has 0 aliphatic rings. The standard InChI is InChI=1S/C31H18N4S/c1-2-7-19(8-3-1)23-13-14-25-30(34-23)22-12-15-27-29(21-10-4-5-11-26(21)36-27)31(22)35(25)28-17-24-20(18-33-28)9-6-16-32-24/h1-18H. The summed E-state index contributed by atoms with van der Waals surface area (Å²) in [5.41, 5.74) is 6.15. The van der Waals surface area contributed by atoms with Crippen LogP contribution in [0.4, 0.5) is 0 Å². The fourth-order valence-electron chi connectivity index (χ4n) is 5.26. The molecule has 3 aromatic carbocycles. The van der Waals surface area contributed by atoms with Crippen LogP contribution in [0.5, 0.6) is 0 Å². The summed E-state index contributed by atoms with van der Waals surface area (Å²) in [6.07, 6.45) is 3.74. The van der Waals surface area contributed by atoms with Crippen LogP contribution in [0.15, 0.2) is 109 Å². The minimum Gasteiger partial charge on any atom is -0.291 e. The van der Waals surface area contributed by atoms with Crippen molar-refractivity contribution in [2.45, 2.75) is 0 Å². The fraction of sp³-hybridized carbons (Fsp3) is 0. The van der Waals surface area contributed by atoms with Gasteiger partial charge >= 0.3 is 0 Å². The number of fused-ring (bicyclic) bond motifs is 8. The molecule has 0 aliphatic heterocycles. The molecule has 0 fully saturated rings. The van der Waals surface area contributed by atoms with Crippen molar-refractivity contribution in [3.8, 4) is 17.1 Å². The maximum Gasteiger partial charge on any atom is 0.139 e. The summed E-state index contributed by atoms with van der Waals surface area (Å²) in [5, 5.41) is 4.66. The van der Waals surface area contributed by atoms with E-state index in [0.29, 0.717) is 0 Å². The molecule has 0 amide bonds. The summed E-state index contributed by atoms with van der Waals surface area (Å²) in [6.45, 7) is 0. The van der Waals surface area contributed by atoms with Crippen LogP contribution in [0.2, 0.25) is 0 Å². The summed E-state index contributed by atoms with van der Waals surface area (Å²) < 4.78 is 4.81. The van der Waals surface area contributed by atoms with E-state index in [1.54, 1.807) is 0 Å². The molecular formula is C31H18N4S. The van der Waals surface area contributed by atoms with Crippen LogP contribution >= 0.6 is 11.3 Å². The highest BCUT2D eigenvalue weighted by molar-refractivity contribution is 7.26. The van der Waals surface area contributed by atoms with E-state index in [1.807, 2.05) is 41.9 Å². The first-order chi connectivity index (χ1) is 17.8. The molecule has 8 aromatic rings. The lowest BCUT2D eigenvalue weighted by atomic mass is 10.1. The first-order valence-electron chi connectivity index (χ1n) is 11.9. The molecule has 0 saturated heterocycles. The summed E-state index contributed by atoms with van der Waals surface area (Å²) >= 11 is 1.83. The lowest BCUT2D eigenvalue weighted by molar-refractivity contribution is 1.09. The van der Waals surface area contributed by atoms with Gasteiger partial charge in [0.25, 0.3) is 0 Å². The number of nitrogens with zero attached hydrogens (tertiary/aromatic N) is 4. The van der Waals surface area contributed by atoms with Gasteiger partial charge < -0.3 is 0 Å². The van der Waals surface area contributed by atoms with Crippen LogP contribution in [0.3, 0.4) is 0 Å². The van der Waals surface area contributed by atoms with Crippen LogP contribution in [-0.4, -0.2) is 19.5 Å². The van der Waals surface area contributed by atoms with Gasteiger partial charge in [0.15, 0.2) is 0 Å². The Morgan fingerprint density at radius 3 is 2.53 bits per heavy atom. The molecule has 36 heavy (non-hydrogen) atoms. The summed E-state index contributed by atoms with van der Waals surface area (Å²) in [4.78, 5) is 14.7. The lowest BCUT2D eigenvalue weighted by Gasteiger charge is -2.09. The largest absolute Gasteiger partial charge is 0.291 e. The molecule has 0 atom stereocenters. The fourth-order valence-corrected chi connectivity index (χ4v) is 6.37. The van der Waals surface area contributed by atoms with Crippen molar-refractivity contribution in [2.75, 3.05) is 0 Å². The van der Waals surface area contributed by atoms with E-state index >= 15 is 0 Å². The first kappa shape index (κ1) is 19.7. The minimum absolute atomic E-state index is 0.846. The number of pyridine rings is 3. The number of rotatable bonds is 2. The summed E-state index contributed by atoms with van der Waals surface area (Å²) in [7, 11) is 0. The monoisotopic (exact) mass is 478 g/mol. The van der Waals surface area contributed by atoms with Crippen molar-refractivity contribution in [1.82, 2.24) is 19.5 Å². The van der Waals surface area contributed by atoms with Gasteiger partial charge in [0.1, 0.15) is 5.82 Å². The maximum absolute atomic E-state index is 5.19. The smallest absolute Gasteiger partial charge is 0.139 e. The molecule has 0 spiro atoms. The van der Waals surface area contributed by atoms with Gasteiger partial charge in [-0.15, -0.1) is 11.3 Å². The third-order valence-electron chi connectivity index (χ3n) is 6.88. The predicted molar refractivity (Wildman–Crippen MR) is 150 cm³/mol. The van der Waals surface area contributed by atoms with Gasteiger partial charge in [-0.2, -0.15) is 0 Å². The van der Waals surface area contributed by atoms with Crippen molar-refractivity contribution >= 4 is 64.3 Å². The van der Waals surface area contributed by atoms with Crippen molar-refractivity contribution in [3.05, 3.63) is 109 Å². The third-order valence-corrected chi connectivity index (χ3v) is 8.02.